The van der Waals surface area contributed by atoms with E-state index in [2.05, 4.69) is 40.0 Å². The molecule has 3 rings (SSSR count). The van der Waals surface area contributed by atoms with Gasteiger partial charge in [-0.15, -0.1) is 11.3 Å². The average molecular weight is 299 g/mol. The fourth-order valence-electron chi connectivity index (χ4n) is 2.44. The first-order chi connectivity index (χ1) is 10.2. The topological polar surface area (TPSA) is 38.2 Å². The maximum Gasteiger partial charge on any atom is 0.140 e. The summed E-state index contributed by atoms with van der Waals surface area (Å²) in [4.78, 5) is 11.9. The molecule has 0 atom stereocenters. The molecule has 0 fully saturated rings. The standard InChI is InChI=1S/C16H17N3OS/c1-11-4-5-14(20-3)12(8-11)9-19(2)15-13-6-7-21-16(13)18-10-17-15/h4-8,10H,9H2,1-3H3. The van der Waals surface area contributed by atoms with Crippen molar-refractivity contribution in [3.63, 3.8) is 0 Å². The Labute approximate surface area is 128 Å². The molecule has 0 aliphatic carbocycles. The lowest BCUT2D eigenvalue weighted by Gasteiger charge is -2.20. The van der Waals surface area contributed by atoms with Gasteiger partial charge in [0.15, 0.2) is 0 Å². The Morgan fingerprint density at radius 1 is 1.24 bits per heavy atom. The van der Waals surface area contributed by atoms with Crippen LogP contribution in [-0.2, 0) is 6.54 Å². The minimum absolute atomic E-state index is 0.743. The lowest BCUT2D eigenvalue weighted by molar-refractivity contribution is 0.409. The van der Waals surface area contributed by atoms with Gasteiger partial charge in [-0.3, -0.25) is 0 Å². The predicted octanol–water partition coefficient (Wildman–Crippen LogP) is 3.64. The number of rotatable bonds is 4. The molecule has 108 valence electrons. The molecule has 0 aliphatic heterocycles. The highest BCUT2D eigenvalue weighted by Gasteiger charge is 2.12. The number of fused-ring (bicyclic) bond motifs is 1. The van der Waals surface area contributed by atoms with Gasteiger partial charge in [-0.05, 0) is 24.4 Å². The smallest absolute Gasteiger partial charge is 0.140 e. The van der Waals surface area contributed by atoms with E-state index in [4.69, 9.17) is 4.74 Å². The molecule has 1 aromatic carbocycles. The van der Waals surface area contributed by atoms with E-state index in [0.717, 1.165) is 33.9 Å². The number of anilines is 1. The van der Waals surface area contributed by atoms with Gasteiger partial charge in [0.25, 0.3) is 0 Å². The van der Waals surface area contributed by atoms with Crippen molar-refractivity contribution in [1.29, 1.82) is 0 Å². The van der Waals surface area contributed by atoms with E-state index < -0.39 is 0 Å². The normalized spacial score (nSPS) is 10.8. The number of nitrogens with zero attached hydrogens (tertiary/aromatic N) is 3. The Hall–Kier alpha value is -2.14. The number of aryl methyl sites for hydroxylation is 1. The number of benzene rings is 1. The third-order valence-corrected chi connectivity index (χ3v) is 4.27. The summed E-state index contributed by atoms with van der Waals surface area (Å²) in [6.07, 6.45) is 1.62. The Balaban J connectivity index is 1.95. The third kappa shape index (κ3) is 2.69. The molecular weight excluding hydrogens is 282 g/mol. The fourth-order valence-corrected chi connectivity index (χ4v) is 3.17. The average Bonchev–Trinajstić information content (AvgIpc) is 2.95. The molecule has 4 nitrogen and oxygen atoms in total. The zero-order valence-electron chi connectivity index (χ0n) is 12.3. The fraction of sp³-hybridized carbons (Fsp3) is 0.250. The van der Waals surface area contributed by atoms with Crippen LogP contribution in [0.25, 0.3) is 10.2 Å². The molecular formula is C16H17N3OS. The Morgan fingerprint density at radius 2 is 2.10 bits per heavy atom. The van der Waals surface area contributed by atoms with E-state index in [1.54, 1.807) is 24.8 Å². The molecule has 0 radical (unpaired) electrons. The number of aromatic nitrogens is 2. The van der Waals surface area contributed by atoms with Gasteiger partial charge in [-0.25, -0.2) is 9.97 Å². The van der Waals surface area contributed by atoms with Crippen LogP contribution in [0.3, 0.4) is 0 Å². The van der Waals surface area contributed by atoms with Crippen molar-refractivity contribution in [2.24, 2.45) is 0 Å². The molecule has 0 aliphatic rings. The van der Waals surface area contributed by atoms with Crippen LogP contribution in [0.2, 0.25) is 0 Å². The zero-order valence-corrected chi connectivity index (χ0v) is 13.1. The van der Waals surface area contributed by atoms with Crippen LogP contribution >= 0.6 is 11.3 Å². The van der Waals surface area contributed by atoms with Crippen LogP contribution in [0.15, 0.2) is 36.0 Å². The molecule has 0 saturated carbocycles. The largest absolute Gasteiger partial charge is 0.496 e. The zero-order chi connectivity index (χ0) is 14.8. The van der Waals surface area contributed by atoms with Gasteiger partial charge in [0, 0.05) is 19.2 Å². The second-order valence-corrected chi connectivity index (χ2v) is 5.90. The summed E-state index contributed by atoms with van der Waals surface area (Å²) in [5.41, 5.74) is 2.38. The molecule has 2 heterocycles. The first kappa shape index (κ1) is 13.8. The van der Waals surface area contributed by atoms with Gasteiger partial charge in [-0.1, -0.05) is 17.7 Å². The van der Waals surface area contributed by atoms with Crippen LogP contribution in [0.1, 0.15) is 11.1 Å². The number of thiophene rings is 1. The van der Waals surface area contributed by atoms with E-state index >= 15 is 0 Å². The van der Waals surface area contributed by atoms with Crippen molar-refractivity contribution >= 4 is 27.4 Å². The lowest BCUT2D eigenvalue weighted by Crippen LogP contribution is -2.18. The Morgan fingerprint density at radius 3 is 2.90 bits per heavy atom. The first-order valence-electron chi connectivity index (χ1n) is 6.72. The van der Waals surface area contributed by atoms with E-state index in [1.807, 2.05) is 18.5 Å². The second kappa shape index (κ2) is 5.69. The maximum absolute atomic E-state index is 5.45. The molecule has 0 spiro atoms. The molecule has 0 amide bonds. The summed E-state index contributed by atoms with van der Waals surface area (Å²) in [7, 11) is 3.75. The van der Waals surface area contributed by atoms with Crippen molar-refractivity contribution in [2.75, 3.05) is 19.1 Å². The van der Waals surface area contributed by atoms with E-state index in [-0.39, 0.29) is 0 Å². The summed E-state index contributed by atoms with van der Waals surface area (Å²) < 4.78 is 5.45. The van der Waals surface area contributed by atoms with Crippen molar-refractivity contribution in [1.82, 2.24) is 9.97 Å². The second-order valence-electron chi connectivity index (χ2n) is 5.01. The summed E-state index contributed by atoms with van der Waals surface area (Å²) in [6, 6.07) is 8.30. The summed E-state index contributed by atoms with van der Waals surface area (Å²) in [5, 5.41) is 3.14. The number of ether oxygens (including phenoxy) is 1. The lowest BCUT2D eigenvalue weighted by atomic mass is 10.1. The van der Waals surface area contributed by atoms with Gasteiger partial charge in [0.05, 0.1) is 12.5 Å². The van der Waals surface area contributed by atoms with E-state index in [9.17, 15) is 0 Å². The van der Waals surface area contributed by atoms with Crippen molar-refractivity contribution in [3.8, 4) is 5.75 Å². The molecule has 21 heavy (non-hydrogen) atoms. The van der Waals surface area contributed by atoms with E-state index in [1.165, 1.54) is 5.56 Å². The summed E-state index contributed by atoms with van der Waals surface area (Å²) >= 11 is 1.63. The van der Waals surface area contributed by atoms with Crippen molar-refractivity contribution in [3.05, 3.63) is 47.1 Å². The van der Waals surface area contributed by atoms with Crippen LogP contribution in [-0.4, -0.2) is 24.1 Å². The number of methoxy groups -OCH3 is 1. The molecule has 2 aromatic heterocycles. The van der Waals surface area contributed by atoms with Gasteiger partial charge in [0.2, 0.25) is 0 Å². The maximum atomic E-state index is 5.45. The van der Waals surface area contributed by atoms with Crippen LogP contribution in [0.5, 0.6) is 5.75 Å². The highest BCUT2D eigenvalue weighted by atomic mass is 32.1. The highest BCUT2D eigenvalue weighted by Crippen LogP contribution is 2.28. The predicted molar refractivity (Wildman–Crippen MR) is 87.3 cm³/mol. The van der Waals surface area contributed by atoms with Gasteiger partial charge in [-0.2, -0.15) is 0 Å². The van der Waals surface area contributed by atoms with Crippen molar-refractivity contribution in [2.45, 2.75) is 13.5 Å². The molecule has 0 N–H and O–H groups in total. The summed E-state index contributed by atoms with van der Waals surface area (Å²) in [5.74, 6) is 1.85. The Kier molecular flexibility index (Phi) is 3.75. The molecule has 0 saturated heterocycles. The quantitative estimate of drug-likeness (QED) is 0.737. The molecule has 0 unspecified atom stereocenters. The molecule has 3 aromatic rings. The molecule has 0 bridgehead atoms. The van der Waals surface area contributed by atoms with Crippen molar-refractivity contribution < 1.29 is 4.74 Å². The van der Waals surface area contributed by atoms with Crippen LogP contribution in [0, 0.1) is 6.92 Å². The van der Waals surface area contributed by atoms with Gasteiger partial charge >= 0.3 is 0 Å². The highest BCUT2D eigenvalue weighted by molar-refractivity contribution is 7.16. The van der Waals surface area contributed by atoms with E-state index in [0.29, 0.717) is 0 Å². The van der Waals surface area contributed by atoms with Gasteiger partial charge < -0.3 is 9.64 Å². The SMILES string of the molecule is COc1ccc(C)cc1CN(C)c1ncnc2sccc12. The first-order valence-corrected chi connectivity index (χ1v) is 7.60. The Bertz CT molecular complexity index is 769. The van der Waals surface area contributed by atoms with Crippen LogP contribution < -0.4 is 9.64 Å². The third-order valence-electron chi connectivity index (χ3n) is 3.45. The van der Waals surface area contributed by atoms with Gasteiger partial charge in [0.1, 0.15) is 22.7 Å². The minimum atomic E-state index is 0.743. The minimum Gasteiger partial charge on any atom is -0.496 e. The molecule has 5 heteroatoms. The summed E-state index contributed by atoms with van der Waals surface area (Å²) in [6.45, 7) is 2.83. The van der Waals surface area contributed by atoms with Crippen LogP contribution in [0.4, 0.5) is 5.82 Å². The monoisotopic (exact) mass is 299 g/mol. The number of hydrogen-bond donors (Lipinski definition) is 0. The number of hydrogen-bond acceptors (Lipinski definition) is 5.